The summed E-state index contributed by atoms with van der Waals surface area (Å²) in [5.74, 6) is -1.59. The van der Waals surface area contributed by atoms with Gasteiger partial charge in [-0.15, -0.1) is 0 Å². The molecule has 0 amide bonds. The highest BCUT2D eigenvalue weighted by Crippen LogP contribution is 2.43. The van der Waals surface area contributed by atoms with E-state index in [1.165, 1.54) is 30.0 Å². The molecule has 0 aliphatic carbocycles. The van der Waals surface area contributed by atoms with Crippen molar-refractivity contribution in [3.63, 3.8) is 0 Å². The van der Waals surface area contributed by atoms with E-state index in [-0.39, 0.29) is 5.70 Å². The Bertz CT molecular complexity index is 386. The highest BCUT2D eigenvalue weighted by Gasteiger charge is 2.38. The molecule has 0 fully saturated rings. The monoisotopic (exact) mass is 243 g/mol. The standard InChI is InChI=1S/C10H13NO4S/c1-6(8(12)13)11-5-7(9(14)15-4)16-10(11,2)3/h5H,1H2,2-4H3,(H,12,13). The number of carbonyl (C=O) groups is 2. The number of thioether (sulfide) groups is 1. The third-order valence-electron chi connectivity index (χ3n) is 2.11. The second kappa shape index (κ2) is 4.21. The van der Waals surface area contributed by atoms with Crippen molar-refractivity contribution in [3.8, 4) is 0 Å². The summed E-state index contributed by atoms with van der Waals surface area (Å²) in [6.45, 7) is 7.08. The van der Waals surface area contributed by atoms with E-state index in [4.69, 9.17) is 5.11 Å². The molecule has 0 bridgehead atoms. The number of aliphatic carboxylic acids is 1. The van der Waals surface area contributed by atoms with E-state index < -0.39 is 16.8 Å². The zero-order chi connectivity index (χ0) is 12.5. The first-order valence-corrected chi connectivity index (χ1v) is 5.32. The molecule has 0 radical (unpaired) electrons. The van der Waals surface area contributed by atoms with Crippen LogP contribution in [0.3, 0.4) is 0 Å². The van der Waals surface area contributed by atoms with Crippen LogP contribution in [0, 0.1) is 0 Å². The molecule has 1 aliphatic rings. The summed E-state index contributed by atoms with van der Waals surface area (Å²) in [5.41, 5.74) is -0.0728. The molecule has 1 heterocycles. The van der Waals surface area contributed by atoms with E-state index in [1.54, 1.807) is 13.8 Å². The number of esters is 1. The van der Waals surface area contributed by atoms with E-state index in [0.29, 0.717) is 4.91 Å². The van der Waals surface area contributed by atoms with Crippen LogP contribution in [0.2, 0.25) is 0 Å². The Morgan fingerprint density at radius 2 is 2.12 bits per heavy atom. The predicted octanol–water partition coefficient (Wildman–Crippen LogP) is 1.38. The minimum Gasteiger partial charge on any atom is -0.477 e. The first kappa shape index (κ1) is 12.6. The van der Waals surface area contributed by atoms with Gasteiger partial charge >= 0.3 is 11.9 Å². The molecule has 0 unspecified atom stereocenters. The fourth-order valence-corrected chi connectivity index (χ4v) is 2.44. The fraction of sp³-hybridized carbons (Fsp3) is 0.400. The van der Waals surface area contributed by atoms with Gasteiger partial charge in [0.25, 0.3) is 0 Å². The first-order valence-electron chi connectivity index (χ1n) is 4.50. The van der Waals surface area contributed by atoms with Gasteiger partial charge in [0, 0.05) is 6.20 Å². The number of ether oxygens (including phenoxy) is 1. The Balaban J connectivity index is 3.00. The van der Waals surface area contributed by atoms with Gasteiger partial charge in [-0.3, -0.25) is 0 Å². The van der Waals surface area contributed by atoms with E-state index in [1.807, 2.05) is 0 Å². The van der Waals surface area contributed by atoms with Crippen molar-refractivity contribution in [2.24, 2.45) is 0 Å². The summed E-state index contributed by atoms with van der Waals surface area (Å²) in [6.07, 6.45) is 1.45. The minimum atomic E-state index is -1.11. The Labute approximate surface area is 97.8 Å². The molecule has 0 aromatic carbocycles. The zero-order valence-electron chi connectivity index (χ0n) is 9.31. The third-order valence-corrected chi connectivity index (χ3v) is 3.30. The van der Waals surface area contributed by atoms with Gasteiger partial charge in [0.05, 0.1) is 12.0 Å². The lowest BCUT2D eigenvalue weighted by molar-refractivity contribution is -0.136. The van der Waals surface area contributed by atoms with Crippen LogP contribution in [0.25, 0.3) is 0 Å². The number of rotatable bonds is 3. The molecular formula is C10H13NO4S. The van der Waals surface area contributed by atoms with E-state index in [9.17, 15) is 9.59 Å². The van der Waals surface area contributed by atoms with Gasteiger partial charge in [0.1, 0.15) is 10.6 Å². The second-order valence-corrected chi connectivity index (χ2v) is 5.30. The van der Waals surface area contributed by atoms with Crippen LogP contribution in [-0.4, -0.2) is 33.9 Å². The van der Waals surface area contributed by atoms with Crippen LogP contribution in [0.4, 0.5) is 0 Å². The summed E-state index contributed by atoms with van der Waals surface area (Å²) < 4.78 is 4.58. The van der Waals surface area contributed by atoms with E-state index >= 15 is 0 Å². The number of methoxy groups -OCH3 is 1. The average molecular weight is 243 g/mol. The lowest BCUT2D eigenvalue weighted by atomic mass is 10.3. The molecule has 0 aromatic heterocycles. The van der Waals surface area contributed by atoms with Crippen LogP contribution in [0.15, 0.2) is 23.4 Å². The molecule has 0 saturated carbocycles. The van der Waals surface area contributed by atoms with Crippen LogP contribution >= 0.6 is 11.8 Å². The lowest BCUT2D eigenvalue weighted by Gasteiger charge is -2.31. The molecule has 1 N–H and O–H groups in total. The fourth-order valence-electron chi connectivity index (χ4n) is 1.32. The molecule has 0 saturated heterocycles. The number of carboxylic acid groups (broad SMARTS) is 1. The van der Waals surface area contributed by atoms with Crippen LogP contribution in [-0.2, 0) is 14.3 Å². The molecule has 88 valence electrons. The number of carbonyl (C=O) groups excluding carboxylic acids is 1. The Hall–Kier alpha value is -1.43. The molecule has 5 nitrogen and oxygen atoms in total. The minimum absolute atomic E-state index is 0.0728. The molecule has 1 rings (SSSR count). The maximum absolute atomic E-state index is 11.3. The maximum Gasteiger partial charge on any atom is 0.351 e. The van der Waals surface area contributed by atoms with Gasteiger partial charge in [0.15, 0.2) is 0 Å². The Morgan fingerprint density at radius 3 is 2.56 bits per heavy atom. The molecule has 0 atom stereocenters. The highest BCUT2D eigenvalue weighted by molar-refractivity contribution is 8.05. The smallest absolute Gasteiger partial charge is 0.351 e. The van der Waals surface area contributed by atoms with Crippen molar-refractivity contribution in [2.45, 2.75) is 18.7 Å². The van der Waals surface area contributed by atoms with Gasteiger partial charge in [-0.05, 0) is 13.8 Å². The summed E-state index contributed by atoms with van der Waals surface area (Å²) >= 11 is 1.24. The maximum atomic E-state index is 11.3. The number of carboxylic acids is 1. The summed E-state index contributed by atoms with van der Waals surface area (Å²) in [5, 5.41) is 8.86. The van der Waals surface area contributed by atoms with Crippen molar-refractivity contribution < 1.29 is 19.4 Å². The third kappa shape index (κ3) is 2.21. The topological polar surface area (TPSA) is 66.8 Å². The average Bonchev–Trinajstić information content (AvgIpc) is 2.51. The molecule has 16 heavy (non-hydrogen) atoms. The summed E-state index contributed by atoms with van der Waals surface area (Å²) in [6, 6.07) is 0. The largest absolute Gasteiger partial charge is 0.477 e. The molecule has 0 aromatic rings. The van der Waals surface area contributed by atoms with Gasteiger partial charge in [-0.1, -0.05) is 18.3 Å². The summed E-state index contributed by atoms with van der Waals surface area (Å²) in [7, 11) is 1.28. The number of nitrogens with zero attached hydrogens (tertiary/aromatic N) is 1. The van der Waals surface area contributed by atoms with Gasteiger partial charge in [0.2, 0.25) is 0 Å². The van der Waals surface area contributed by atoms with Crippen molar-refractivity contribution in [3.05, 3.63) is 23.4 Å². The van der Waals surface area contributed by atoms with Gasteiger partial charge < -0.3 is 14.7 Å². The van der Waals surface area contributed by atoms with Crippen molar-refractivity contribution >= 4 is 23.7 Å². The number of hydrogen-bond donors (Lipinski definition) is 1. The summed E-state index contributed by atoms with van der Waals surface area (Å²) in [4.78, 5) is 23.4. The molecular weight excluding hydrogens is 230 g/mol. The van der Waals surface area contributed by atoms with Crippen LogP contribution in [0.1, 0.15) is 13.8 Å². The molecule has 6 heteroatoms. The van der Waals surface area contributed by atoms with Crippen molar-refractivity contribution in [2.75, 3.05) is 7.11 Å². The first-order chi connectivity index (χ1) is 7.29. The number of hydrogen-bond acceptors (Lipinski definition) is 5. The quantitative estimate of drug-likeness (QED) is 0.596. The SMILES string of the molecule is C=C(C(=O)O)N1C=C(C(=O)OC)SC1(C)C. The zero-order valence-corrected chi connectivity index (χ0v) is 10.1. The normalized spacial score (nSPS) is 17.9. The second-order valence-electron chi connectivity index (χ2n) is 3.66. The van der Waals surface area contributed by atoms with Crippen LogP contribution in [0.5, 0.6) is 0 Å². The lowest BCUT2D eigenvalue weighted by Crippen LogP contribution is -2.35. The molecule has 1 aliphatic heterocycles. The van der Waals surface area contributed by atoms with Crippen molar-refractivity contribution in [1.82, 2.24) is 4.90 Å². The van der Waals surface area contributed by atoms with E-state index in [0.717, 1.165) is 0 Å². The van der Waals surface area contributed by atoms with E-state index in [2.05, 4.69) is 11.3 Å². The Morgan fingerprint density at radius 1 is 1.56 bits per heavy atom. The van der Waals surface area contributed by atoms with Crippen LogP contribution < -0.4 is 0 Å². The highest BCUT2D eigenvalue weighted by atomic mass is 32.2. The van der Waals surface area contributed by atoms with Crippen molar-refractivity contribution in [1.29, 1.82) is 0 Å². The molecule has 0 spiro atoms. The van der Waals surface area contributed by atoms with Gasteiger partial charge in [-0.25, -0.2) is 9.59 Å². The predicted molar refractivity (Wildman–Crippen MR) is 60.4 cm³/mol. The van der Waals surface area contributed by atoms with Gasteiger partial charge in [-0.2, -0.15) is 0 Å². The Kier molecular flexibility index (Phi) is 3.32.